The minimum Gasteiger partial charge on any atom is -0.465 e. The van der Waals surface area contributed by atoms with Crippen molar-refractivity contribution in [2.45, 2.75) is 51.0 Å². The molecule has 1 aliphatic carbocycles. The molecule has 1 saturated carbocycles. The quantitative estimate of drug-likeness (QED) is 0.321. The van der Waals surface area contributed by atoms with E-state index >= 15 is 0 Å². The lowest BCUT2D eigenvalue weighted by Crippen LogP contribution is -2.35. The Bertz CT molecular complexity index is 1520. The summed E-state index contributed by atoms with van der Waals surface area (Å²) < 4.78 is 8.74. The second-order valence-corrected chi connectivity index (χ2v) is 10.3. The molecule has 0 radical (unpaired) electrons. The van der Waals surface area contributed by atoms with Crippen LogP contribution in [0.3, 0.4) is 0 Å². The van der Waals surface area contributed by atoms with E-state index in [9.17, 15) is 9.59 Å². The number of aromatic nitrogens is 5. The van der Waals surface area contributed by atoms with Gasteiger partial charge in [0.1, 0.15) is 5.56 Å². The number of ether oxygens (including phenoxy) is 1. The number of methoxy groups -OCH3 is 1. The maximum Gasteiger partial charge on any atom is 0.341 e. The van der Waals surface area contributed by atoms with Gasteiger partial charge in [0.2, 0.25) is 0 Å². The third-order valence-corrected chi connectivity index (χ3v) is 7.79. The van der Waals surface area contributed by atoms with E-state index in [1.54, 1.807) is 6.20 Å². The molecule has 0 N–H and O–H groups in total. The van der Waals surface area contributed by atoms with E-state index < -0.39 is 5.97 Å². The van der Waals surface area contributed by atoms with Crippen LogP contribution in [-0.2, 0) is 11.3 Å². The van der Waals surface area contributed by atoms with Gasteiger partial charge in [0.15, 0.2) is 0 Å². The number of aryl methyl sites for hydroxylation is 1. The molecule has 2 atom stereocenters. The zero-order valence-electron chi connectivity index (χ0n) is 22.3. The molecule has 4 aromatic rings. The molecule has 6 rings (SSSR count). The second kappa shape index (κ2) is 10.5. The number of carbonyl (C=O) groups excluding carboxylic acids is 2. The first-order valence-corrected chi connectivity index (χ1v) is 13.6. The highest BCUT2D eigenvalue weighted by atomic mass is 16.5. The van der Waals surface area contributed by atoms with Crippen LogP contribution in [0.1, 0.15) is 76.5 Å². The Labute approximate surface area is 227 Å². The van der Waals surface area contributed by atoms with Gasteiger partial charge < -0.3 is 9.64 Å². The van der Waals surface area contributed by atoms with E-state index in [1.165, 1.54) is 13.5 Å². The maximum absolute atomic E-state index is 13.1. The maximum atomic E-state index is 13.1. The predicted octanol–water partition coefficient (Wildman–Crippen LogP) is 4.83. The fourth-order valence-electron chi connectivity index (χ4n) is 5.58. The highest BCUT2D eigenvalue weighted by Gasteiger charge is 2.46. The molecule has 200 valence electrons. The van der Waals surface area contributed by atoms with E-state index in [1.807, 2.05) is 75.9 Å². The Morgan fingerprint density at radius 2 is 1.77 bits per heavy atom. The second-order valence-electron chi connectivity index (χ2n) is 10.3. The van der Waals surface area contributed by atoms with E-state index in [-0.39, 0.29) is 17.7 Å². The lowest BCUT2D eigenvalue weighted by atomic mass is 10.0. The fraction of sp³-hybridized carbons (Fsp3) is 0.367. The highest BCUT2D eigenvalue weighted by Crippen LogP contribution is 2.55. The van der Waals surface area contributed by atoms with Crippen LogP contribution >= 0.6 is 0 Å². The third-order valence-electron chi connectivity index (χ3n) is 7.79. The van der Waals surface area contributed by atoms with E-state index in [0.717, 1.165) is 67.1 Å². The van der Waals surface area contributed by atoms with Crippen LogP contribution < -0.4 is 0 Å². The van der Waals surface area contributed by atoms with Gasteiger partial charge in [-0.3, -0.25) is 9.48 Å². The Morgan fingerprint density at radius 1 is 1.00 bits per heavy atom. The number of likely N-dealkylation sites (tertiary alicyclic amines) is 1. The monoisotopic (exact) mass is 524 g/mol. The molecule has 1 aliphatic heterocycles. The molecule has 0 spiro atoms. The summed E-state index contributed by atoms with van der Waals surface area (Å²) in [6, 6.07) is 15.8. The van der Waals surface area contributed by atoms with Crippen molar-refractivity contribution in [3.63, 3.8) is 0 Å². The highest BCUT2D eigenvalue weighted by molar-refractivity contribution is 5.95. The summed E-state index contributed by atoms with van der Waals surface area (Å²) in [7, 11) is 1.39. The molecule has 9 heteroatoms. The van der Waals surface area contributed by atoms with Crippen molar-refractivity contribution in [3.05, 3.63) is 83.4 Å². The normalized spacial score (nSPS) is 18.7. The Kier molecular flexibility index (Phi) is 6.72. The number of benzene rings is 2. The van der Waals surface area contributed by atoms with Crippen LogP contribution in [0, 0.1) is 0 Å². The van der Waals surface area contributed by atoms with E-state index in [2.05, 4.69) is 15.4 Å². The number of carbonyl (C=O) groups is 2. The van der Waals surface area contributed by atoms with Gasteiger partial charge in [-0.05, 0) is 68.0 Å². The lowest BCUT2D eigenvalue weighted by Gasteiger charge is -2.26. The van der Waals surface area contributed by atoms with Crippen molar-refractivity contribution in [1.29, 1.82) is 0 Å². The first-order valence-electron chi connectivity index (χ1n) is 13.6. The zero-order valence-corrected chi connectivity index (χ0v) is 22.3. The molecular weight excluding hydrogens is 492 g/mol. The zero-order chi connectivity index (χ0) is 26.9. The van der Waals surface area contributed by atoms with Crippen molar-refractivity contribution in [2.75, 3.05) is 20.2 Å². The van der Waals surface area contributed by atoms with E-state index in [0.29, 0.717) is 11.1 Å². The summed E-state index contributed by atoms with van der Waals surface area (Å²) in [5.41, 5.74) is 5.69. The van der Waals surface area contributed by atoms with Crippen molar-refractivity contribution in [2.24, 2.45) is 0 Å². The molecule has 9 nitrogen and oxygen atoms in total. The molecule has 2 aliphatic rings. The number of hydrogen-bond acceptors (Lipinski definition) is 6. The summed E-state index contributed by atoms with van der Waals surface area (Å²) in [5.74, 6) is -0.0636. The van der Waals surface area contributed by atoms with Crippen LogP contribution in [0.15, 0.2) is 60.9 Å². The Hall–Kier alpha value is -4.27. The van der Waals surface area contributed by atoms with Crippen LogP contribution in [-0.4, -0.2) is 61.8 Å². The van der Waals surface area contributed by atoms with Gasteiger partial charge in [0.25, 0.3) is 5.91 Å². The molecule has 2 aromatic carbocycles. The molecule has 39 heavy (non-hydrogen) atoms. The fourth-order valence-corrected chi connectivity index (χ4v) is 5.58. The molecule has 2 aromatic heterocycles. The molecule has 1 unspecified atom stereocenters. The van der Waals surface area contributed by atoms with Gasteiger partial charge in [0.05, 0.1) is 30.4 Å². The number of rotatable bonds is 7. The molecule has 2 fully saturated rings. The van der Waals surface area contributed by atoms with Crippen molar-refractivity contribution >= 4 is 11.9 Å². The minimum atomic E-state index is -0.404. The van der Waals surface area contributed by atoms with Gasteiger partial charge in [-0.2, -0.15) is 5.10 Å². The predicted molar refractivity (Wildman–Crippen MR) is 146 cm³/mol. The number of piperidine rings is 1. The molecule has 0 bridgehead atoms. The molecule has 3 heterocycles. The van der Waals surface area contributed by atoms with Crippen molar-refractivity contribution < 1.29 is 14.3 Å². The van der Waals surface area contributed by atoms with E-state index in [4.69, 9.17) is 4.74 Å². The summed E-state index contributed by atoms with van der Waals surface area (Å²) in [4.78, 5) is 27.8. The van der Waals surface area contributed by atoms with Crippen molar-refractivity contribution in [1.82, 2.24) is 29.7 Å². The lowest BCUT2D eigenvalue weighted by molar-refractivity contribution is 0.0599. The number of amides is 1. The third kappa shape index (κ3) is 4.84. The standard InChI is InChI=1S/C30H32N6O3/c1-3-35-19-27(32-33-35)24-17-25(24)28-26(30(38)39-2)18-31-36(28)23-12-8-10-21(16-23)20-9-7-11-22(15-20)29(37)34-13-5-4-6-14-34/h7-12,15-16,18-19,24-25H,3-6,13-14,17H2,1-2H3/t24-,25?/m0/s1. The largest absolute Gasteiger partial charge is 0.465 e. The smallest absolute Gasteiger partial charge is 0.341 e. The van der Waals surface area contributed by atoms with Crippen LogP contribution in [0.25, 0.3) is 16.8 Å². The Balaban J connectivity index is 1.33. The van der Waals surface area contributed by atoms with Crippen LogP contribution in [0.5, 0.6) is 0 Å². The van der Waals surface area contributed by atoms with Gasteiger partial charge in [-0.25, -0.2) is 9.48 Å². The summed E-state index contributed by atoms with van der Waals surface area (Å²) in [6.07, 6.45) is 7.73. The molecule has 1 amide bonds. The number of nitrogens with zero attached hydrogens (tertiary/aromatic N) is 6. The topological polar surface area (TPSA) is 95.1 Å². The van der Waals surface area contributed by atoms with Crippen molar-refractivity contribution in [3.8, 4) is 16.8 Å². The number of hydrogen-bond donors (Lipinski definition) is 0. The van der Waals surface area contributed by atoms with Gasteiger partial charge >= 0.3 is 5.97 Å². The Morgan fingerprint density at radius 3 is 2.51 bits per heavy atom. The first-order chi connectivity index (χ1) is 19.1. The first kappa shape index (κ1) is 25.0. The average Bonchev–Trinajstić information content (AvgIpc) is 3.41. The van der Waals surface area contributed by atoms with Crippen LogP contribution in [0.2, 0.25) is 0 Å². The summed E-state index contributed by atoms with van der Waals surface area (Å²) in [6.45, 7) is 4.42. The minimum absolute atomic E-state index is 0.0813. The molecular formula is C30H32N6O3. The number of esters is 1. The summed E-state index contributed by atoms with van der Waals surface area (Å²) in [5, 5.41) is 13.2. The van der Waals surface area contributed by atoms with Gasteiger partial charge in [0, 0.05) is 43.2 Å². The van der Waals surface area contributed by atoms with Crippen LogP contribution in [0.4, 0.5) is 0 Å². The summed E-state index contributed by atoms with van der Waals surface area (Å²) >= 11 is 0. The SMILES string of the molecule is CCn1cc([C@H]2CC2c2c(C(=O)OC)cnn2-c2cccc(-c3cccc(C(=O)N4CCCCC4)c3)c2)nn1. The molecule has 1 saturated heterocycles. The van der Waals surface area contributed by atoms with Gasteiger partial charge in [-0.15, -0.1) is 5.10 Å². The van der Waals surface area contributed by atoms with Gasteiger partial charge in [-0.1, -0.05) is 29.5 Å². The average molecular weight is 525 g/mol.